The van der Waals surface area contributed by atoms with Gasteiger partial charge in [-0.05, 0) is 32.1 Å². The predicted molar refractivity (Wildman–Crippen MR) is 95.7 cm³/mol. The van der Waals surface area contributed by atoms with Crippen molar-refractivity contribution in [2.45, 2.75) is 58.3 Å². The second kappa shape index (κ2) is 15.4. The zero-order chi connectivity index (χ0) is 18.9. The van der Waals surface area contributed by atoms with Crippen LogP contribution >= 0.6 is 0 Å². The smallest absolute Gasteiger partial charge is 0.239 e. The third-order valence-corrected chi connectivity index (χ3v) is 3.51. The Kier molecular flexibility index (Phi) is 14.1. The van der Waals surface area contributed by atoms with Crippen LogP contribution in [-0.4, -0.2) is 50.3 Å². The van der Waals surface area contributed by atoms with E-state index in [0.29, 0.717) is 45.2 Å². The van der Waals surface area contributed by atoms with Gasteiger partial charge in [0.25, 0.3) is 0 Å². The predicted octanol–water partition coefficient (Wildman–Crippen LogP) is 0.222. The van der Waals surface area contributed by atoms with Crippen molar-refractivity contribution in [3.63, 3.8) is 0 Å². The molecule has 8 heteroatoms. The Morgan fingerprint density at radius 1 is 0.640 bits per heavy atom. The number of carbonyl (C=O) groups excluding carboxylic acids is 4. The lowest BCUT2D eigenvalue weighted by molar-refractivity contribution is -0.126. The summed E-state index contributed by atoms with van der Waals surface area (Å²) in [5.41, 5.74) is 0. The van der Waals surface area contributed by atoms with E-state index in [2.05, 4.69) is 21.3 Å². The summed E-state index contributed by atoms with van der Waals surface area (Å²) in [5.74, 6) is -0.378. The summed E-state index contributed by atoms with van der Waals surface area (Å²) in [6.07, 6.45) is 4.97. The molecular weight excluding hydrogens is 324 g/mol. The van der Waals surface area contributed by atoms with Crippen LogP contribution in [0.3, 0.4) is 0 Å². The standard InChI is InChI=1S/C17H32N4O4/c1-3-8-15(23)19-11-7-5-10-16(24)21-13-17(25)20-12-6-4-9-14(22)18-2/h3-13H2,1-2H3,(H,18,22)(H,19,23)(H,20,25)(H,21,24). The first-order valence-corrected chi connectivity index (χ1v) is 9.00. The molecule has 144 valence electrons. The topological polar surface area (TPSA) is 116 Å². The third kappa shape index (κ3) is 15.2. The van der Waals surface area contributed by atoms with Crippen molar-refractivity contribution >= 4 is 23.6 Å². The fraction of sp³-hybridized carbons (Fsp3) is 0.765. The Morgan fingerprint density at radius 2 is 1.16 bits per heavy atom. The lowest BCUT2D eigenvalue weighted by atomic mass is 10.2. The Bertz CT molecular complexity index is 427. The first kappa shape index (κ1) is 22.9. The van der Waals surface area contributed by atoms with Crippen molar-refractivity contribution in [3.05, 3.63) is 0 Å². The molecule has 4 N–H and O–H groups in total. The minimum absolute atomic E-state index is 0.0106. The monoisotopic (exact) mass is 356 g/mol. The van der Waals surface area contributed by atoms with Crippen LogP contribution in [0.1, 0.15) is 58.3 Å². The molecule has 0 unspecified atom stereocenters. The molecule has 0 aromatic carbocycles. The molecule has 0 atom stereocenters. The number of hydrogen-bond donors (Lipinski definition) is 4. The first-order valence-electron chi connectivity index (χ1n) is 9.00. The molecule has 0 fully saturated rings. The van der Waals surface area contributed by atoms with E-state index in [9.17, 15) is 19.2 Å². The maximum absolute atomic E-state index is 11.6. The minimum Gasteiger partial charge on any atom is -0.359 e. The molecule has 0 saturated heterocycles. The van der Waals surface area contributed by atoms with E-state index < -0.39 is 0 Å². The van der Waals surface area contributed by atoms with Gasteiger partial charge in [0.2, 0.25) is 23.6 Å². The fourth-order valence-electron chi connectivity index (χ4n) is 2.05. The van der Waals surface area contributed by atoms with Crippen LogP contribution in [0.2, 0.25) is 0 Å². The summed E-state index contributed by atoms with van der Waals surface area (Å²) < 4.78 is 0. The highest BCUT2D eigenvalue weighted by Crippen LogP contribution is 1.95. The maximum atomic E-state index is 11.6. The Morgan fingerprint density at radius 3 is 1.72 bits per heavy atom. The molecule has 0 aliphatic heterocycles. The molecule has 0 saturated carbocycles. The molecule has 25 heavy (non-hydrogen) atoms. The van der Waals surface area contributed by atoms with Gasteiger partial charge < -0.3 is 21.3 Å². The average molecular weight is 356 g/mol. The largest absolute Gasteiger partial charge is 0.359 e. The molecule has 0 aliphatic carbocycles. The van der Waals surface area contributed by atoms with Crippen molar-refractivity contribution in [1.29, 1.82) is 0 Å². The Balaban J connectivity index is 3.50. The van der Waals surface area contributed by atoms with Gasteiger partial charge in [0.15, 0.2) is 0 Å². The lowest BCUT2D eigenvalue weighted by Crippen LogP contribution is -2.37. The second-order valence-electron chi connectivity index (χ2n) is 5.81. The zero-order valence-electron chi connectivity index (χ0n) is 15.4. The molecule has 0 radical (unpaired) electrons. The van der Waals surface area contributed by atoms with E-state index in [0.717, 1.165) is 19.3 Å². The summed E-state index contributed by atoms with van der Waals surface area (Å²) in [4.78, 5) is 45.4. The normalized spacial score (nSPS) is 10.0. The van der Waals surface area contributed by atoms with E-state index in [-0.39, 0.29) is 30.2 Å². The van der Waals surface area contributed by atoms with Gasteiger partial charge in [-0.2, -0.15) is 0 Å². The average Bonchev–Trinajstić information content (AvgIpc) is 2.59. The second-order valence-corrected chi connectivity index (χ2v) is 5.81. The summed E-state index contributed by atoms with van der Waals surface area (Å²) in [5, 5.41) is 10.6. The van der Waals surface area contributed by atoms with Crippen LogP contribution in [-0.2, 0) is 19.2 Å². The van der Waals surface area contributed by atoms with Gasteiger partial charge in [-0.15, -0.1) is 0 Å². The number of unbranched alkanes of at least 4 members (excludes halogenated alkanes) is 2. The van der Waals surface area contributed by atoms with Gasteiger partial charge >= 0.3 is 0 Å². The van der Waals surface area contributed by atoms with E-state index in [1.165, 1.54) is 0 Å². The van der Waals surface area contributed by atoms with Crippen molar-refractivity contribution < 1.29 is 19.2 Å². The van der Waals surface area contributed by atoms with Crippen LogP contribution in [0.5, 0.6) is 0 Å². The van der Waals surface area contributed by atoms with E-state index in [1.807, 2.05) is 6.92 Å². The summed E-state index contributed by atoms with van der Waals surface area (Å²) in [7, 11) is 1.59. The summed E-state index contributed by atoms with van der Waals surface area (Å²) in [6, 6.07) is 0. The van der Waals surface area contributed by atoms with Gasteiger partial charge in [-0.1, -0.05) is 6.92 Å². The number of rotatable bonds is 14. The molecule has 0 rings (SSSR count). The van der Waals surface area contributed by atoms with E-state index >= 15 is 0 Å². The minimum atomic E-state index is -0.236. The fourth-order valence-corrected chi connectivity index (χ4v) is 2.05. The summed E-state index contributed by atoms with van der Waals surface area (Å²) >= 11 is 0. The SMILES string of the molecule is CCCC(=O)NCCCCC(=O)NCC(=O)NCCCCC(=O)NC. The van der Waals surface area contributed by atoms with E-state index in [1.54, 1.807) is 7.05 Å². The van der Waals surface area contributed by atoms with Crippen molar-refractivity contribution in [2.75, 3.05) is 26.7 Å². The number of hydrogen-bond acceptors (Lipinski definition) is 4. The third-order valence-electron chi connectivity index (χ3n) is 3.51. The van der Waals surface area contributed by atoms with Crippen molar-refractivity contribution in [3.8, 4) is 0 Å². The van der Waals surface area contributed by atoms with Gasteiger partial charge in [0.05, 0.1) is 6.54 Å². The molecule has 0 aliphatic rings. The molecule has 0 aromatic heterocycles. The maximum Gasteiger partial charge on any atom is 0.239 e. The highest BCUT2D eigenvalue weighted by Gasteiger charge is 2.05. The van der Waals surface area contributed by atoms with Crippen LogP contribution < -0.4 is 21.3 Å². The number of amides is 4. The summed E-state index contributed by atoms with van der Waals surface area (Å²) in [6.45, 7) is 2.97. The van der Waals surface area contributed by atoms with Gasteiger partial charge in [0, 0.05) is 39.4 Å². The van der Waals surface area contributed by atoms with Gasteiger partial charge in [-0.3, -0.25) is 19.2 Å². The zero-order valence-corrected chi connectivity index (χ0v) is 15.4. The van der Waals surface area contributed by atoms with Crippen LogP contribution in [0.25, 0.3) is 0 Å². The Labute approximate surface area is 149 Å². The number of carbonyl (C=O) groups is 4. The Hall–Kier alpha value is -2.12. The molecule has 8 nitrogen and oxygen atoms in total. The highest BCUT2D eigenvalue weighted by atomic mass is 16.2. The van der Waals surface area contributed by atoms with E-state index in [4.69, 9.17) is 0 Å². The molecule has 0 aromatic rings. The number of nitrogens with one attached hydrogen (secondary N) is 4. The molecule has 0 heterocycles. The molecular formula is C17H32N4O4. The van der Waals surface area contributed by atoms with Gasteiger partial charge in [0.1, 0.15) is 0 Å². The molecule has 0 bridgehead atoms. The van der Waals surface area contributed by atoms with Crippen LogP contribution in [0.4, 0.5) is 0 Å². The quantitative estimate of drug-likeness (QED) is 0.333. The highest BCUT2D eigenvalue weighted by molar-refractivity contribution is 5.84. The van der Waals surface area contributed by atoms with Crippen LogP contribution in [0.15, 0.2) is 0 Å². The van der Waals surface area contributed by atoms with Crippen LogP contribution in [0, 0.1) is 0 Å². The first-order chi connectivity index (χ1) is 12.0. The molecule has 0 spiro atoms. The van der Waals surface area contributed by atoms with Gasteiger partial charge in [-0.25, -0.2) is 0 Å². The molecule has 4 amide bonds. The van der Waals surface area contributed by atoms with Crippen molar-refractivity contribution in [1.82, 2.24) is 21.3 Å². The van der Waals surface area contributed by atoms with Crippen molar-refractivity contribution in [2.24, 2.45) is 0 Å². The lowest BCUT2D eigenvalue weighted by Gasteiger charge is -2.07.